The van der Waals surface area contributed by atoms with E-state index >= 15 is 0 Å². The second-order valence-corrected chi connectivity index (χ2v) is 4.68. The molecule has 2 aromatic rings. The number of aromatic amines is 1. The van der Waals surface area contributed by atoms with E-state index in [1.807, 2.05) is 6.07 Å². The molecule has 0 aliphatic heterocycles. The van der Waals surface area contributed by atoms with Gasteiger partial charge in [0.1, 0.15) is 0 Å². The van der Waals surface area contributed by atoms with E-state index in [1.54, 1.807) is 6.07 Å². The first-order valence-electron chi connectivity index (χ1n) is 6.24. The molecule has 0 unspecified atom stereocenters. The number of benzene rings is 1. The lowest BCUT2D eigenvalue weighted by Gasteiger charge is -2.24. The number of hydrogen-bond donors (Lipinski definition) is 2. The number of H-pyrrole nitrogens is 1. The number of aromatic nitrogens is 2. The fourth-order valence-electron chi connectivity index (χ4n) is 2.38. The van der Waals surface area contributed by atoms with E-state index in [0.717, 1.165) is 12.2 Å². The number of anilines is 2. The molecule has 1 saturated carbocycles. The van der Waals surface area contributed by atoms with E-state index in [0.29, 0.717) is 22.6 Å². The number of nitrogen functional groups attached to an aromatic ring is 1. The van der Waals surface area contributed by atoms with Gasteiger partial charge in [-0.2, -0.15) is 0 Å². The maximum atomic E-state index is 11.7. The van der Waals surface area contributed by atoms with E-state index in [4.69, 9.17) is 5.73 Å². The van der Waals surface area contributed by atoms with Gasteiger partial charge in [0, 0.05) is 12.6 Å². The number of nitrogens with two attached hydrogens (primary N) is 1. The molecule has 0 saturated heterocycles. The normalized spacial score (nSPS) is 14.9. The third kappa shape index (κ3) is 1.72. The highest BCUT2D eigenvalue weighted by molar-refractivity contribution is 5.88. The van der Waals surface area contributed by atoms with Crippen LogP contribution in [0.15, 0.2) is 23.3 Å². The lowest BCUT2D eigenvalue weighted by Crippen LogP contribution is -2.26. The number of fused-ring (bicyclic) bond motifs is 1. The Bertz CT molecular complexity index is 645. The second-order valence-electron chi connectivity index (χ2n) is 4.68. The summed E-state index contributed by atoms with van der Waals surface area (Å²) in [6.07, 6.45) is 3.86. The zero-order valence-electron chi connectivity index (χ0n) is 10.3. The van der Waals surface area contributed by atoms with Crippen LogP contribution in [0.2, 0.25) is 0 Å². The molecule has 3 rings (SSSR count). The van der Waals surface area contributed by atoms with E-state index in [1.165, 1.54) is 19.2 Å². The SMILES string of the molecule is CCN(c1cc2nc[nH]c(=O)c2cc1N)C1CC1. The predicted molar refractivity (Wildman–Crippen MR) is 72.8 cm³/mol. The fraction of sp³-hybridized carbons (Fsp3) is 0.385. The van der Waals surface area contributed by atoms with Crippen LogP contribution < -0.4 is 16.2 Å². The first kappa shape index (κ1) is 11.1. The third-order valence-electron chi connectivity index (χ3n) is 3.43. The van der Waals surface area contributed by atoms with Crippen LogP contribution in [0.3, 0.4) is 0 Å². The summed E-state index contributed by atoms with van der Waals surface area (Å²) in [5, 5.41) is 0.547. The molecule has 0 amide bonds. The summed E-state index contributed by atoms with van der Waals surface area (Å²) in [7, 11) is 0. The maximum Gasteiger partial charge on any atom is 0.258 e. The quantitative estimate of drug-likeness (QED) is 0.802. The molecule has 3 N–H and O–H groups in total. The highest BCUT2D eigenvalue weighted by Gasteiger charge is 2.29. The van der Waals surface area contributed by atoms with Crippen molar-refractivity contribution >= 4 is 22.3 Å². The van der Waals surface area contributed by atoms with Crippen LogP contribution >= 0.6 is 0 Å². The molecule has 94 valence electrons. The topological polar surface area (TPSA) is 75.0 Å². The lowest BCUT2D eigenvalue weighted by atomic mass is 10.1. The average molecular weight is 244 g/mol. The van der Waals surface area contributed by atoms with E-state index in [-0.39, 0.29) is 5.56 Å². The van der Waals surface area contributed by atoms with Gasteiger partial charge < -0.3 is 15.6 Å². The summed E-state index contributed by atoms with van der Waals surface area (Å²) in [4.78, 5) is 20.7. The highest BCUT2D eigenvalue weighted by atomic mass is 16.1. The van der Waals surface area contributed by atoms with Crippen LogP contribution in [-0.2, 0) is 0 Å². The summed E-state index contributed by atoms with van der Waals surface area (Å²) < 4.78 is 0. The Morgan fingerprint density at radius 1 is 1.50 bits per heavy atom. The fourth-order valence-corrected chi connectivity index (χ4v) is 2.38. The van der Waals surface area contributed by atoms with Crippen molar-refractivity contribution < 1.29 is 0 Å². The molecule has 0 radical (unpaired) electrons. The van der Waals surface area contributed by atoms with Crippen molar-refractivity contribution in [1.29, 1.82) is 0 Å². The largest absolute Gasteiger partial charge is 0.397 e. The Morgan fingerprint density at radius 2 is 2.28 bits per heavy atom. The number of nitrogens with one attached hydrogen (secondary N) is 1. The van der Waals surface area contributed by atoms with Crippen LogP contribution in [-0.4, -0.2) is 22.6 Å². The van der Waals surface area contributed by atoms with E-state index < -0.39 is 0 Å². The first-order chi connectivity index (χ1) is 8.70. The molecule has 1 fully saturated rings. The van der Waals surface area contributed by atoms with Gasteiger partial charge in [0.15, 0.2) is 0 Å². The molecule has 1 aliphatic carbocycles. The van der Waals surface area contributed by atoms with Crippen molar-refractivity contribution in [3.05, 3.63) is 28.8 Å². The Hall–Kier alpha value is -2.04. The Balaban J connectivity index is 2.18. The van der Waals surface area contributed by atoms with Gasteiger partial charge in [0.2, 0.25) is 0 Å². The average Bonchev–Trinajstić information content (AvgIpc) is 3.17. The minimum absolute atomic E-state index is 0.146. The van der Waals surface area contributed by atoms with Crippen molar-refractivity contribution in [3.63, 3.8) is 0 Å². The third-order valence-corrected chi connectivity index (χ3v) is 3.43. The summed E-state index contributed by atoms with van der Waals surface area (Å²) in [6, 6.07) is 4.24. The van der Waals surface area contributed by atoms with Gasteiger partial charge in [-0.15, -0.1) is 0 Å². The van der Waals surface area contributed by atoms with E-state index in [2.05, 4.69) is 21.8 Å². The van der Waals surface area contributed by atoms with Gasteiger partial charge in [-0.1, -0.05) is 0 Å². The van der Waals surface area contributed by atoms with Crippen molar-refractivity contribution in [2.24, 2.45) is 0 Å². The smallest absolute Gasteiger partial charge is 0.258 e. The Kier molecular flexibility index (Phi) is 2.47. The summed E-state index contributed by atoms with van der Waals surface area (Å²) in [5.74, 6) is 0. The van der Waals surface area contributed by atoms with Crippen LogP contribution in [0.1, 0.15) is 19.8 Å². The van der Waals surface area contributed by atoms with Crippen LogP contribution in [0.25, 0.3) is 10.9 Å². The second kappa shape index (κ2) is 4.01. The van der Waals surface area contributed by atoms with Gasteiger partial charge in [-0.05, 0) is 31.9 Å². The van der Waals surface area contributed by atoms with Gasteiger partial charge in [0.25, 0.3) is 5.56 Å². The zero-order valence-corrected chi connectivity index (χ0v) is 10.3. The Labute approximate surface area is 105 Å². The molecule has 5 nitrogen and oxygen atoms in total. The van der Waals surface area contributed by atoms with E-state index in [9.17, 15) is 4.79 Å². The predicted octanol–water partition coefficient (Wildman–Crippen LogP) is 1.49. The molecule has 18 heavy (non-hydrogen) atoms. The number of rotatable bonds is 3. The molecular formula is C13H16N4O. The van der Waals surface area contributed by atoms with Gasteiger partial charge in [-0.3, -0.25) is 4.79 Å². The van der Waals surface area contributed by atoms with Gasteiger partial charge >= 0.3 is 0 Å². The molecule has 1 heterocycles. The minimum Gasteiger partial charge on any atom is -0.397 e. The first-order valence-corrected chi connectivity index (χ1v) is 6.24. The van der Waals surface area contributed by atoms with Crippen LogP contribution in [0, 0.1) is 0 Å². The van der Waals surface area contributed by atoms with Crippen molar-refractivity contribution in [2.75, 3.05) is 17.2 Å². The van der Waals surface area contributed by atoms with Crippen molar-refractivity contribution in [1.82, 2.24) is 9.97 Å². The summed E-state index contributed by atoms with van der Waals surface area (Å²) in [5.41, 5.74) is 8.27. The molecule has 5 heteroatoms. The van der Waals surface area contributed by atoms with Gasteiger partial charge in [-0.25, -0.2) is 4.98 Å². The molecule has 0 atom stereocenters. The standard InChI is InChI=1S/C13H16N4O/c1-2-17(8-3-4-8)12-6-11-9(5-10(12)14)13(18)16-7-15-11/h5-8H,2-4,14H2,1H3,(H,15,16,18). The summed E-state index contributed by atoms with van der Waals surface area (Å²) in [6.45, 7) is 3.04. The van der Waals surface area contributed by atoms with Gasteiger partial charge in [0.05, 0.1) is 28.6 Å². The van der Waals surface area contributed by atoms with Crippen molar-refractivity contribution in [2.45, 2.75) is 25.8 Å². The lowest BCUT2D eigenvalue weighted by molar-refractivity contribution is 0.828. The molecular weight excluding hydrogens is 228 g/mol. The van der Waals surface area contributed by atoms with Crippen molar-refractivity contribution in [3.8, 4) is 0 Å². The zero-order chi connectivity index (χ0) is 12.7. The monoisotopic (exact) mass is 244 g/mol. The minimum atomic E-state index is -0.146. The molecule has 0 bridgehead atoms. The highest BCUT2D eigenvalue weighted by Crippen LogP contribution is 2.35. The van der Waals surface area contributed by atoms with Crippen LogP contribution in [0.4, 0.5) is 11.4 Å². The van der Waals surface area contributed by atoms with Crippen LogP contribution in [0.5, 0.6) is 0 Å². The Morgan fingerprint density at radius 3 is 2.94 bits per heavy atom. The number of hydrogen-bond acceptors (Lipinski definition) is 4. The molecule has 1 aromatic carbocycles. The number of nitrogens with zero attached hydrogens (tertiary/aromatic N) is 2. The molecule has 1 aliphatic rings. The summed E-state index contributed by atoms with van der Waals surface area (Å²) >= 11 is 0. The maximum absolute atomic E-state index is 11.7. The molecule has 1 aromatic heterocycles. The molecule has 0 spiro atoms.